The minimum absolute atomic E-state index is 0.0675. The largest absolute Gasteiger partial charge is 0.480 e. The fourth-order valence-corrected chi connectivity index (χ4v) is 1.63. The number of carboxylic acids is 1. The molecule has 0 aliphatic rings. The smallest absolute Gasteiger partial charge is 0.328 e. The van der Waals surface area contributed by atoms with Crippen molar-refractivity contribution in [2.45, 2.75) is 19.9 Å². The van der Waals surface area contributed by atoms with Gasteiger partial charge in [-0.2, -0.15) is 0 Å². The molecule has 1 unspecified atom stereocenters. The molecule has 5 nitrogen and oxygen atoms in total. The zero-order chi connectivity index (χ0) is 13.7. The molecule has 0 saturated carbocycles. The van der Waals surface area contributed by atoms with Gasteiger partial charge in [0.2, 0.25) is 5.91 Å². The molecule has 0 saturated heterocycles. The molecule has 0 aliphatic heterocycles. The number of carbonyl (C=O) groups excluding carboxylic acids is 1. The van der Waals surface area contributed by atoms with Crippen LogP contribution in [-0.2, 0) is 9.59 Å². The summed E-state index contributed by atoms with van der Waals surface area (Å²) in [5.74, 6) is -1.49. The van der Waals surface area contributed by atoms with Crippen LogP contribution in [0.1, 0.15) is 12.5 Å². The Labute approximate surface area is 110 Å². The first-order chi connectivity index (χ1) is 8.41. The van der Waals surface area contributed by atoms with Crippen LogP contribution in [0, 0.1) is 6.92 Å². The van der Waals surface area contributed by atoms with Gasteiger partial charge in [-0.15, -0.1) is 0 Å². The van der Waals surface area contributed by atoms with Crippen LogP contribution in [0.3, 0.4) is 0 Å². The van der Waals surface area contributed by atoms with E-state index in [1.807, 2.05) is 19.1 Å². The van der Waals surface area contributed by atoms with Gasteiger partial charge in [-0.3, -0.25) is 4.79 Å². The molecule has 1 amide bonds. The van der Waals surface area contributed by atoms with E-state index in [2.05, 4.69) is 10.6 Å². The van der Waals surface area contributed by atoms with E-state index in [0.29, 0.717) is 10.7 Å². The van der Waals surface area contributed by atoms with Crippen molar-refractivity contribution < 1.29 is 14.7 Å². The molecule has 0 radical (unpaired) electrons. The van der Waals surface area contributed by atoms with E-state index < -0.39 is 12.0 Å². The highest BCUT2D eigenvalue weighted by Gasteiger charge is 2.18. The quantitative estimate of drug-likeness (QED) is 0.760. The molecule has 0 bridgehead atoms. The molecule has 1 aromatic rings. The minimum atomic E-state index is -1.10. The summed E-state index contributed by atoms with van der Waals surface area (Å²) in [5.41, 5.74) is 1.54. The lowest BCUT2D eigenvalue weighted by Gasteiger charge is -2.16. The zero-order valence-corrected chi connectivity index (χ0v) is 10.9. The van der Waals surface area contributed by atoms with Gasteiger partial charge in [-0.05, 0) is 18.6 Å². The number of halogens is 1. The highest BCUT2D eigenvalue weighted by Crippen LogP contribution is 2.24. The van der Waals surface area contributed by atoms with E-state index in [-0.39, 0.29) is 12.5 Å². The number of amides is 1. The van der Waals surface area contributed by atoms with E-state index >= 15 is 0 Å². The predicted molar refractivity (Wildman–Crippen MR) is 69.9 cm³/mol. The first kappa shape index (κ1) is 14.3. The van der Waals surface area contributed by atoms with Gasteiger partial charge in [0.1, 0.15) is 6.04 Å². The maximum atomic E-state index is 10.9. The molecule has 0 aliphatic carbocycles. The third-order valence-corrected chi connectivity index (χ3v) is 2.87. The molecule has 0 fully saturated rings. The number of anilines is 1. The molecule has 1 rings (SSSR count). The minimum Gasteiger partial charge on any atom is -0.480 e. The Morgan fingerprint density at radius 2 is 2.11 bits per heavy atom. The summed E-state index contributed by atoms with van der Waals surface area (Å²) in [7, 11) is 0. The first-order valence-electron chi connectivity index (χ1n) is 5.40. The van der Waals surface area contributed by atoms with Crippen molar-refractivity contribution in [2.75, 3.05) is 11.9 Å². The number of hydrogen-bond acceptors (Lipinski definition) is 3. The van der Waals surface area contributed by atoms with Crippen molar-refractivity contribution >= 4 is 29.2 Å². The van der Waals surface area contributed by atoms with Crippen molar-refractivity contribution in [2.24, 2.45) is 0 Å². The van der Waals surface area contributed by atoms with Crippen LogP contribution in [0.15, 0.2) is 18.2 Å². The zero-order valence-electron chi connectivity index (χ0n) is 10.2. The predicted octanol–water partition coefficient (Wildman–Crippen LogP) is 1.65. The summed E-state index contributed by atoms with van der Waals surface area (Å²) < 4.78 is 0. The maximum absolute atomic E-state index is 10.9. The van der Waals surface area contributed by atoms with Crippen LogP contribution in [0.2, 0.25) is 5.02 Å². The average molecular weight is 271 g/mol. The topological polar surface area (TPSA) is 78.4 Å². The molecule has 18 heavy (non-hydrogen) atoms. The molecular formula is C12H15ClN2O3. The van der Waals surface area contributed by atoms with E-state index in [1.54, 1.807) is 6.07 Å². The van der Waals surface area contributed by atoms with E-state index in [1.165, 1.54) is 6.92 Å². The second-order valence-electron chi connectivity index (χ2n) is 3.91. The number of hydrogen-bond donors (Lipinski definition) is 3. The Kier molecular flexibility index (Phi) is 4.97. The van der Waals surface area contributed by atoms with E-state index in [9.17, 15) is 9.59 Å². The van der Waals surface area contributed by atoms with Crippen molar-refractivity contribution in [3.05, 3.63) is 28.8 Å². The van der Waals surface area contributed by atoms with E-state index in [4.69, 9.17) is 16.7 Å². The lowest BCUT2D eigenvalue weighted by molar-refractivity contribution is -0.141. The molecule has 0 aromatic heterocycles. The van der Waals surface area contributed by atoms with Gasteiger partial charge in [0.25, 0.3) is 0 Å². The number of benzene rings is 1. The molecule has 0 heterocycles. The van der Waals surface area contributed by atoms with Gasteiger partial charge >= 0.3 is 5.97 Å². The standard InChI is InChI=1S/C12H15ClN2O3/c1-7-4-3-5-9(11(7)13)14-6-10(12(17)18)15-8(2)16/h3-5,10,14H,6H2,1-2H3,(H,15,16)(H,17,18). The van der Waals surface area contributed by atoms with Crippen LogP contribution in [-0.4, -0.2) is 29.6 Å². The number of carbonyl (C=O) groups is 2. The lowest BCUT2D eigenvalue weighted by atomic mass is 10.2. The fraction of sp³-hybridized carbons (Fsp3) is 0.333. The van der Waals surface area contributed by atoms with Gasteiger partial charge in [0.05, 0.1) is 10.7 Å². The first-order valence-corrected chi connectivity index (χ1v) is 5.78. The molecule has 1 aromatic carbocycles. The summed E-state index contributed by atoms with van der Waals surface area (Å²) in [5, 5.41) is 14.7. The Balaban J connectivity index is 2.70. The molecule has 6 heteroatoms. The van der Waals surface area contributed by atoms with Crippen LogP contribution < -0.4 is 10.6 Å². The van der Waals surface area contributed by atoms with Crippen molar-refractivity contribution in [3.8, 4) is 0 Å². The van der Waals surface area contributed by atoms with Gasteiger partial charge in [0.15, 0.2) is 0 Å². The Morgan fingerprint density at radius 3 is 2.67 bits per heavy atom. The van der Waals surface area contributed by atoms with Gasteiger partial charge in [-0.1, -0.05) is 23.7 Å². The third kappa shape index (κ3) is 3.92. The SMILES string of the molecule is CC(=O)NC(CNc1cccc(C)c1Cl)C(=O)O. The van der Waals surface area contributed by atoms with Crippen LogP contribution in [0.25, 0.3) is 0 Å². The molecule has 1 atom stereocenters. The second-order valence-corrected chi connectivity index (χ2v) is 4.29. The third-order valence-electron chi connectivity index (χ3n) is 2.36. The summed E-state index contributed by atoms with van der Waals surface area (Å²) >= 11 is 6.06. The van der Waals surface area contributed by atoms with Crippen molar-refractivity contribution in [1.82, 2.24) is 5.32 Å². The number of nitrogens with one attached hydrogen (secondary N) is 2. The Bertz CT molecular complexity index is 463. The van der Waals surface area contributed by atoms with Crippen molar-refractivity contribution in [3.63, 3.8) is 0 Å². The number of aliphatic carboxylic acids is 1. The summed E-state index contributed by atoms with van der Waals surface area (Å²) in [6.07, 6.45) is 0. The molecule has 3 N–H and O–H groups in total. The summed E-state index contributed by atoms with van der Waals surface area (Å²) in [4.78, 5) is 21.8. The second kappa shape index (κ2) is 6.26. The highest BCUT2D eigenvalue weighted by atomic mass is 35.5. The summed E-state index contributed by atoms with van der Waals surface area (Å²) in [6, 6.07) is 4.44. The van der Waals surface area contributed by atoms with E-state index in [0.717, 1.165) is 5.56 Å². The Hall–Kier alpha value is -1.75. The van der Waals surface area contributed by atoms with Gasteiger partial charge < -0.3 is 15.7 Å². The maximum Gasteiger partial charge on any atom is 0.328 e. The highest BCUT2D eigenvalue weighted by molar-refractivity contribution is 6.34. The number of rotatable bonds is 5. The average Bonchev–Trinajstić information content (AvgIpc) is 2.28. The fourth-order valence-electron chi connectivity index (χ4n) is 1.44. The monoisotopic (exact) mass is 270 g/mol. The van der Waals surface area contributed by atoms with Gasteiger partial charge in [0, 0.05) is 13.5 Å². The molecule has 98 valence electrons. The summed E-state index contributed by atoms with van der Waals surface area (Å²) in [6.45, 7) is 3.20. The molecular weight excluding hydrogens is 256 g/mol. The number of aryl methyl sites for hydroxylation is 1. The number of carboxylic acid groups (broad SMARTS) is 1. The normalized spacial score (nSPS) is 11.7. The van der Waals surface area contributed by atoms with Gasteiger partial charge in [-0.25, -0.2) is 4.79 Å². The Morgan fingerprint density at radius 1 is 1.44 bits per heavy atom. The van der Waals surface area contributed by atoms with Crippen molar-refractivity contribution in [1.29, 1.82) is 0 Å². The van der Waals surface area contributed by atoms with Crippen LogP contribution in [0.5, 0.6) is 0 Å². The molecule has 0 spiro atoms. The lowest BCUT2D eigenvalue weighted by Crippen LogP contribution is -2.44. The van der Waals surface area contributed by atoms with Crippen LogP contribution >= 0.6 is 11.6 Å². The van der Waals surface area contributed by atoms with Crippen LogP contribution in [0.4, 0.5) is 5.69 Å².